The van der Waals surface area contributed by atoms with Crippen molar-refractivity contribution in [3.8, 4) is 11.4 Å². The maximum atomic E-state index is 4.71. The maximum Gasteiger partial charge on any atom is 0.222 e. The first-order chi connectivity index (χ1) is 12.9. The van der Waals surface area contributed by atoms with Crippen LogP contribution in [0.1, 0.15) is 0 Å². The zero-order valence-corrected chi connectivity index (χ0v) is 14.0. The summed E-state index contributed by atoms with van der Waals surface area (Å²) in [6, 6.07) is 13.6. The molecule has 0 saturated heterocycles. The highest BCUT2D eigenvalue weighted by molar-refractivity contribution is 5.90. The number of para-hydroxylation sites is 1. The number of hydrogen-bond acceptors (Lipinski definition) is 7. The fourth-order valence-corrected chi connectivity index (χ4v) is 2.59. The van der Waals surface area contributed by atoms with E-state index in [9.17, 15) is 0 Å². The first-order valence-corrected chi connectivity index (χ1v) is 8.32. The summed E-state index contributed by atoms with van der Waals surface area (Å²) in [7, 11) is 0. The summed E-state index contributed by atoms with van der Waals surface area (Å²) in [6.45, 7) is 1.35. The highest BCUT2D eigenvalue weighted by atomic mass is 15.1. The Morgan fingerprint density at radius 2 is 1.50 bits per heavy atom. The third kappa shape index (κ3) is 3.56. The molecule has 26 heavy (non-hydrogen) atoms. The summed E-state index contributed by atoms with van der Waals surface area (Å²) < 4.78 is 0. The number of rotatable bonds is 6. The summed E-state index contributed by atoms with van der Waals surface area (Å²) in [5.41, 5.74) is 1.83. The van der Waals surface area contributed by atoms with Crippen molar-refractivity contribution < 1.29 is 0 Å². The molecule has 0 aliphatic rings. The van der Waals surface area contributed by atoms with Gasteiger partial charge in [-0.1, -0.05) is 12.1 Å². The molecule has 4 aromatic rings. The molecule has 1 aromatic carbocycles. The third-order valence-corrected chi connectivity index (χ3v) is 3.81. The number of pyridine rings is 1. The fraction of sp³-hybridized carbons (Fsp3) is 0.105. The Labute approximate surface area is 150 Å². The van der Waals surface area contributed by atoms with Gasteiger partial charge in [0.15, 0.2) is 5.82 Å². The zero-order chi connectivity index (χ0) is 17.6. The van der Waals surface area contributed by atoms with Gasteiger partial charge in [-0.2, -0.15) is 0 Å². The topological polar surface area (TPSA) is 88.5 Å². The van der Waals surface area contributed by atoms with E-state index in [-0.39, 0.29) is 0 Å². The van der Waals surface area contributed by atoms with E-state index >= 15 is 0 Å². The summed E-state index contributed by atoms with van der Waals surface area (Å²) in [5, 5.41) is 7.54. The molecule has 2 N–H and O–H groups in total. The van der Waals surface area contributed by atoms with E-state index in [1.165, 1.54) is 0 Å². The molecule has 7 nitrogen and oxygen atoms in total. The lowest BCUT2D eigenvalue weighted by Crippen LogP contribution is -2.16. The van der Waals surface area contributed by atoms with Gasteiger partial charge in [-0.25, -0.2) is 19.9 Å². The van der Waals surface area contributed by atoms with Crippen molar-refractivity contribution in [3.05, 3.63) is 67.3 Å². The fourth-order valence-electron chi connectivity index (χ4n) is 2.59. The number of nitrogens with one attached hydrogen (secondary N) is 2. The van der Waals surface area contributed by atoms with Crippen molar-refractivity contribution in [3.63, 3.8) is 0 Å². The van der Waals surface area contributed by atoms with Gasteiger partial charge in [0.25, 0.3) is 0 Å². The van der Waals surface area contributed by atoms with Crippen molar-refractivity contribution in [2.45, 2.75) is 0 Å². The number of benzene rings is 1. The van der Waals surface area contributed by atoms with Crippen molar-refractivity contribution >= 4 is 22.7 Å². The Morgan fingerprint density at radius 1 is 0.731 bits per heavy atom. The molecular formula is C19H17N7. The maximum absolute atomic E-state index is 4.71. The van der Waals surface area contributed by atoms with Gasteiger partial charge in [0.2, 0.25) is 5.95 Å². The zero-order valence-electron chi connectivity index (χ0n) is 14.0. The van der Waals surface area contributed by atoms with Gasteiger partial charge < -0.3 is 10.6 Å². The summed E-state index contributed by atoms with van der Waals surface area (Å²) >= 11 is 0. The molecular weight excluding hydrogens is 326 g/mol. The predicted octanol–water partition coefficient (Wildman–Crippen LogP) is 3.01. The largest absolute Gasteiger partial charge is 0.368 e. The molecule has 0 fully saturated rings. The highest BCUT2D eigenvalue weighted by Gasteiger charge is 2.08. The molecule has 0 amide bonds. The average molecular weight is 343 g/mol. The van der Waals surface area contributed by atoms with Crippen LogP contribution in [-0.4, -0.2) is 38.0 Å². The van der Waals surface area contributed by atoms with Crippen LogP contribution < -0.4 is 10.6 Å². The van der Waals surface area contributed by atoms with Crippen LogP contribution in [0, 0.1) is 0 Å². The Bertz CT molecular complexity index is 990. The number of anilines is 2. The van der Waals surface area contributed by atoms with Crippen molar-refractivity contribution in [1.29, 1.82) is 0 Å². The second kappa shape index (κ2) is 7.52. The van der Waals surface area contributed by atoms with Gasteiger partial charge in [0, 0.05) is 48.8 Å². The number of hydrogen-bond donors (Lipinski definition) is 2. The molecule has 0 spiro atoms. The molecule has 128 valence electrons. The Kier molecular flexibility index (Phi) is 4.60. The Balaban J connectivity index is 1.55. The van der Waals surface area contributed by atoms with Crippen LogP contribution in [-0.2, 0) is 0 Å². The van der Waals surface area contributed by atoms with Gasteiger partial charge >= 0.3 is 0 Å². The second-order valence-corrected chi connectivity index (χ2v) is 5.57. The van der Waals surface area contributed by atoms with Gasteiger partial charge in [0.05, 0.1) is 5.52 Å². The van der Waals surface area contributed by atoms with E-state index < -0.39 is 0 Å². The molecule has 7 heteroatoms. The molecule has 0 atom stereocenters. The smallest absolute Gasteiger partial charge is 0.222 e. The summed E-state index contributed by atoms with van der Waals surface area (Å²) in [6.07, 6.45) is 6.90. The Hall–Kier alpha value is -3.61. The number of aromatic nitrogens is 5. The molecule has 0 saturated carbocycles. The van der Waals surface area contributed by atoms with Crippen LogP contribution in [0.2, 0.25) is 0 Å². The van der Waals surface area contributed by atoms with Crippen molar-refractivity contribution in [2.75, 3.05) is 23.7 Å². The van der Waals surface area contributed by atoms with Crippen molar-refractivity contribution in [2.24, 2.45) is 0 Å². The first-order valence-electron chi connectivity index (χ1n) is 8.32. The molecule has 0 aliphatic carbocycles. The van der Waals surface area contributed by atoms with Gasteiger partial charge in [-0.05, 0) is 30.3 Å². The molecule has 0 aliphatic heterocycles. The van der Waals surface area contributed by atoms with Crippen LogP contribution >= 0.6 is 0 Å². The minimum atomic E-state index is 0.610. The normalized spacial score (nSPS) is 10.6. The Morgan fingerprint density at radius 3 is 2.35 bits per heavy atom. The van der Waals surface area contributed by atoms with Crippen LogP contribution in [0.4, 0.5) is 11.8 Å². The number of fused-ring (bicyclic) bond motifs is 1. The molecule has 3 aromatic heterocycles. The summed E-state index contributed by atoms with van der Waals surface area (Å²) in [4.78, 5) is 21.7. The van der Waals surface area contributed by atoms with E-state index in [4.69, 9.17) is 4.98 Å². The lowest BCUT2D eigenvalue weighted by Gasteiger charge is -2.11. The van der Waals surface area contributed by atoms with E-state index in [0.717, 1.165) is 22.3 Å². The highest BCUT2D eigenvalue weighted by Crippen LogP contribution is 2.24. The van der Waals surface area contributed by atoms with Crippen molar-refractivity contribution in [1.82, 2.24) is 24.9 Å². The number of nitrogens with zero attached hydrogens (tertiary/aromatic N) is 5. The van der Waals surface area contributed by atoms with Crippen LogP contribution in [0.3, 0.4) is 0 Å². The minimum Gasteiger partial charge on any atom is -0.368 e. The van der Waals surface area contributed by atoms with E-state index in [1.54, 1.807) is 30.9 Å². The second-order valence-electron chi connectivity index (χ2n) is 5.57. The van der Waals surface area contributed by atoms with Crippen LogP contribution in [0.15, 0.2) is 67.3 Å². The third-order valence-electron chi connectivity index (χ3n) is 3.81. The molecule has 3 heterocycles. The first kappa shape index (κ1) is 15.9. The SMILES string of the molecule is c1cnc(NCCNc2nc(-c3ccncc3)nc3ccccc23)nc1. The van der Waals surface area contributed by atoms with Crippen LogP contribution in [0.25, 0.3) is 22.3 Å². The molecule has 0 bridgehead atoms. The van der Waals surface area contributed by atoms with E-state index in [0.29, 0.717) is 24.9 Å². The molecule has 0 radical (unpaired) electrons. The van der Waals surface area contributed by atoms with Crippen LogP contribution in [0.5, 0.6) is 0 Å². The van der Waals surface area contributed by atoms with E-state index in [1.807, 2.05) is 36.4 Å². The predicted molar refractivity (Wildman–Crippen MR) is 102 cm³/mol. The lowest BCUT2D eigenvalue weighted by atomic mass is 10.2. The lowest BCUT2D eigenvalue weighted by molar-refractivity contribution is 1.02. The standard InChI is InChI=1S/C19H17N7/c1-2-5-16-15(4-1)18(21-12-13-24-19-22-8-3-9-23-19)26-17(25-16)14-6-10-20-11-7-14/h1-11H,12-13H2,(H,21,25,26)(H,22,23,24). The van der Waals surface area contributed by atoms with E-state index in [2.05, 4.69) is 30.6 Å². The quantitative estimate of drug-likeness (QED) is 0.520. The van der Waals surface area contributed by atoms with Gasteiger partial charge in [-0.3, -0.25) is 4.98 Å². The van der Waals surface area contributed by atoms with Gasteiger partial charge in [-0.15, -0.1) is 0 Å². The minimum absolute atomic E-state index is 0.610. The average Bonchev–Trinajstić information content (AvgIpc) is 2.72. The molecule has 0 unspecified atom stereocenters. The summed E-state index contributed by atoms with van der Waals surface area (Å²) in [5.74, 6) is 2.09. The van der Waals surface area contributed by atoms with Gasteiger partial charge in [0.1, 0.15) is 5.82 Å². The molecule has 4 rings (SSSR count). The monoisotopic (exact) mass is 343 g/mol.